The molecular weight excluding hydrogens is 426 g/mol. The van der Waals surface area contributed by atoms with Crippen molar-refractivity contribution in [2.45, 2.75) is 71.3 Å². The molecule has 10 heteroatoms. The van der Waals surface area contributed by atoms with Crippen LogP contribution in [0, 0.1) is 5.92 Å². The van der Waals surface area contributed by atoms with Crippen LogP contribution < -0.4 is 10.6 Å². The monoisotopic (exact) mass is 458 g/mol. The van der Waals surface area contributed by atoms with Crippen LogP contribution in [0.3, 0.4) is 0 Å². The van der Waals surface area contributed by atoms with Crippen LogP contribution in [0.2, 0.25) is 0 Å². The first-order valence-electron chi connectivity index (χ1n) is 10.3. The molecule has 0 spiro atoms. The Morgan fingerprint density at radius 3 is 2.22 bits per heavy atom. The average molecular weight is 459 g/mol. The number of carboxylic acids is 1. The number of amides is 2. The Morgan fingerprint density at radius 2 is 1.69 bits per heavy atom. The van der Waals surface area contributed by atoms with Crippen molar-refractivity contribution >= 4 is 18.0 Å². The Balaban J connectivity index is 2.73. The largest absolute Gasteiger partial charge is 0.480 e. The van der Waals surface area contributed by atoms with Crippen molar-refractivity contribution in [2.24, 2.45) is 5.92 Å². The molecule has 0 fully saturated rings. The van der Waals surface area contributed by atoms with Crippen LogP contribution in [0.15, 0.2) is 30.3 Å². The minimum absolute atomic E-state index is 0.0498. The molecule has 0 bridgehead atoms. The molecule has 0 saturated heterocycles. The van der Waals surface area contributed by atoms with Gasteiger partial charge in [-0.15, -0.1) is 0 Å². The average Bonchev–Trinajstić information content (AvgIpc) is 2.68. The minimum Gasteiger partial charge on any atom is -0.480 e. The highest BCUT2D eigenvalue weighted by Gasteiger charge is 2.30. The Morgan fingerprint density at radius 1 is 1.06 bits per heavy atom. The molecule has 0 aromatic heterocycles. The highest BCUT2D eigenvalue weighted by molar-refractivity contribution is 5.89. The maximum absolute atomic E-state index is 12.6. The van der Waals surface area contributed by atoms with Crippen LogP contribution in [-0.2, 0) is 25.5 Å². The fourth-order valence-corrected chi connectivity index (χ4v) is 2.87. The second-order valence-corrected chi connectivity index (χ2v) is 8.56. The van der Waals surface area contributed by atoms with E-state index >= 15 is 0 Å². The third-order valence-electron chi connectivity index (χ3n) is 4.42. The summed E-state index contributed by atoms with van der Waals surface area (Å²) in [6.07, 6.45) is 0.548. The number of alkyl carbamates (subject to hydrolysis) is 1. The van der Waals surface area contributed by atoms with Crippen molar-refractivity contribution < 1.29 is 37.7 Å². The number of carboxylic acid groups (broad SMARTS) is 1. The van der Waals surface area contributed by atoms with E-state index in [1.807, 2.05) is 37.3 Å². The number of hydrogen-bond acceptors (Lipinski definition) is 5. The molecule has 1 rings (SSSR count). The SMILES string of the molecule is CC(CCc1ccccc1)C[C@H](NC(=O)[C@H](COC(F)F)NC(=O)OC(C)(C)C)C(=O)O. The number of aryl methyl sites for hydroxylation is 1. The molecule has 3 atom stereocenters. The quantitative estimate of drug-likeness (QED) is 0.443. The predicted octanol–water partition coefficient (Wildman–Crippen LogP) is 3.35. The van der Waals surface area contributed by atoms with E-state index < -0.39 is 48.9 Å². The number of alkyl halides is 2. The molecule has 8 nitrogen and oxygen atoms in total. The maximum Gasteiger partial charge on any atom is 0.408 e. The van der Waals surface area contributed by atoms with Gasteiger partial charge in [0, 0.05) is 0 Å². The standard InChI is InChI=1S/C22H32F2N2O6/c1-14(10-11-15-8-6-5-7-9-15)12-16(19(28)29)25-18(27)17(13-31-20(23)24)26-21(30)32-22(2,3)4/h5-9,14,16-17,20H,10-13H2,1-4H3,(H,25,27)(H,26,30)(H,28,29)/t14?,16-,17-/m0/s1. The highest BCUT2D eigenvalue weighted by atomic mass is 19.3. The van der Waals surface area contributed by atoms with Gasteiger partial charge in [-0.25, -0.2) is 9.59 Å². The third kappa shape index (κ3) is 11.6. The molecule has 2 amide bonds. The number of hydrogen-bond donors (Lipinski definition) is 3. The van der Waals surface area contributed by atoms with Gasteiger partial charge in [0.1, 0.15) is 17.7 Å². The summed E-state index contributed by atoms with van der Waals surface area (Å²) in [5.74, 6) is -2.28. The third-order valence-corrected chi connectivity index (χ3v) is 4.42. The molecule has 3 N–H and O–H groups in total. The van der Waals surface area contributed by atoms with E-state index in [0.29, 0.717) is 6.42 Å². The zero-order valence-corrected chi connectivity index (χ0v) is 18.8. The van der Waals surface area contributed by atoms with Crippen LogP contribution >= 0.6 is 0 Å². The first kappa shape index (κ1) is 27.3. The van der Waals surface area contributed by atoms with Crippen LogP contribution in [0.4, 0.5) is 13.6 Å². The second-order valence-electron chi connectivity index (χ2n) is 8.56. The smallest absolute Gasteiger partial charge is 0.408 e. The normalized spacial score (nSPS) is 14.3. The molecule has 1 aromatic rings. The van der Waals surface area contributed by atoms with Crippen molar-refractivity contribution in [1.82, 2.24) is 10.6 Å². The van der Waals surface area contributed by atoms with Gasteiger partial charge in [0.05, 0.1) is 6.61 Å². The van der Waals surface area contributed by atoms with E-state index in [0.717, 1.165) is 12.0 Å². The predicted molar refractivity (Wildman–Crippen MR) is 113 cm³/mol. The first-order valence-corrected chi connectivity index (χ1v) is 10.3. The lowest BCUT2D eigenvalue weighted by Crippen LogP contribution is -2.54. The number of carbonyl (C=O) groups excluding carboxylic acids is 2. The lowest BCUT2D eigenvalue weighted by atomic mass is 9.94. The Kier molecular flexibility index (Phi) is 11.0. The van der Waals surface area contributed by atoms with Gasteiger partial charge in [0.2, 0.25) is 5.91 Å². The molecule has 0 heterocycles. The molecule has 180 valence electrons. The van der Waals surface area contributed by atoms with Gasteiger partial charge in [-0.05, 0) is 51.5 Å². The zero-order valence-electron chi connectivity index (χ0n) is 18.8. The number of carbonyl (C=O) groups is 3. The number of ether oxygens (including phenoxy) is 2. The van der Waals surface area contributed by atoms with Crippen LogP contribution in [0.25, 0.3) is 0 Å². The van der Waals surface area contributed by atoms with Crippen LogP contribution in [-0.4, -0.2) is 54.0 Å². The highest BCUT2D eigenvalue weighted by Crippen LogP contribution is 2.15. The molecular formula is C22H32F2N2O6. The summed E-state index contributed by atoms with van der Waals surface area (Å²) in [6.45, 7) is 2.62. The van der Waals surface area contributed by atoms with E-state index in [1.54, 1.807) is 20.8 Å². The van der Waals surface area contributed by atoms with Gasteiger partial charge in [-0.1, -0.05) is 37.3 Å². The molecule has 0 aliphatic heterocycles. The van der Waals surface area contributed by atoms with E-state index in [2.05, 4.69) is 15.4 Å². The molecule has 0 aliphatic carbocycles. The van der Waals surface area contributed by atoms with Crippen LogP contribution in [0.1, 0.15) is 46.1 Å². The van der Waals surface area contributed by atoms with Gasteiger partial charge in [-0.3, -0.25) is 4.79 Å². The Hall–Kier alpha value is -2.75. The number of nitrogens with one attached hydrogen (secondary N) is 2. The summed E-state index contributed by atoms with van der Waals surface area (Å²) < 4.78 is 34.1. The number of benzene rings is 1. The fraction of sp³-hybridized carbons (Fsp3) is 0.591. The summed E-state index contributed by atoms with van der Waals surface area (Å²) in [6, 6.07) is 6.86. The molecule has 32 heavy (non-hydrogen) atoms. The summed E-state index contributed by atoms with van der Waals surface area (Å²) in [4.78, 5) is 36.2. The zero-order chi connectivity index (χ0) is 24.3. The van der Waals surface area contributed by atoms with Gasteiger partial charge in [0.25, 0.3) is 0 Å². The fourth-order valence-electron chi connectivity index (χ4n) is 2.87. The molecule has 0 radical (unpaired) electrons. The van der Waals surface area contributed by atoms with Gasteiger partial charge >= 0.3 is 18.7 Å². The maximum atomic E-state index is 12.6. The van der Waals surface area contributed by atoms with E-state index in [1.165, 1.54) is 0 Å². The number of halogens is 2. The number of aliphatic carboxylic acids is 1. The lowest BCUT2D eigenvalue weighted by Gasteiger charge is -2.25. The molecule has 1 unspecified atom stereocenters. The topological polar surface area (TPSA) is 114 Å². The Bertz CT molecular complexity index is 740. The summed E-state index contributed by atoms with van der Waals surface area (Å²) in [7, 11) is 0. The number of rotatable bonds is 12. The minimum atomic E-state index is -3.17. The van der Waals surface area contributed by atoms with Crippen molar-refractivity contribution in [2.75, 3.05) is 6.61 Å². The van der Waals surface area contributed by atoms with Gasteiger partial charge in [0.15, 0.2) is 0 Å². The van der Waals surface area contributed by atoms with Gasteiger partial charge in [-0.2, -0.15) is 8.78 Å². The second kappa shape index (κ2) is 12.9. The summed E-state index contributed by atoms with van der Waals surface area (Å²) in [5, 5.41) is 14.0. The van der Waals surface area contributed by atoms with E-state index in [-0.39, 0.29) is 12.3 Å². The molecule has 0 aliphatic rings. The van der Waals surface area contributed by atoms with Crippen LogP contribution in [0.5, 0.6) is 0 Å². The van der Waals surface area contributed by atoms with Crippen molar-refractivity contribution in [3.63, 3.8) is 0 Å². The van der Waals surface area contributed by atoms with Crippen molar-refractivity contribution in [1.29, 1.82) is 0 Å². The van der Waals surface area contributed by atoms with Crippen molar-refractivity contribution in [3.8, 4) is 0 Å². The summed E-state index contributed by atoms with van der Waals surface area (Å²) in [5.41, 5.74) is 0.230. The van der Waals surface area contributed by atoms with Crippen molar-refractivity contribution in [3.05, 3.63) is 35.9 Å². The van der Waals surface area contributed by atoms with Gasteiger partial charge < -0.3 is 25.2 Å². The molecule has 1 aromatic carbocycles. The first-order chi connectivity index (χ1) is 14.9. The van der Waals surface area contributed by atoms with E-state index in [4.69, 9.17) is 4.74 Å². The lowest BCUT2D eigenvalue weighted by molar-refractivity contribution is -0.148. The summed E-state index contributed by atoms with van der Waals surface area (Å²) >= 11 is 0. The van der Waals surface area contributed by atoms with E-state index in [9.17, 15) is 28.3 Å². The molecule has 0 saturated carbocycles. The Labute approximate surface area is 186 Å².